The number of carboxylic acid groups (broad SMARTS) is 1. The van der Waals surface area contributed by atoms with Crippen LogP contribution in [-0.4, -0.2) is 24.2 Å². The first kappa shape index (κ1) is 23.2. The highest BCUT2D eigenvalue weighted by atomic mass is 35.5. The van der Waals surface area contributed by atoms with E-state index in [9.17, 15) is 14.5 Å². The van der Waals surface area contributed by atoms with Crippen LogP contribution in [0.3, 0.4) is 0 Å². The number of rotatable bonds is 6. The van der Waals surface area contributed by atoms with E-state index in [0.29, 0.717) is 10.7 Å². The molecule has 0 aliphatic heterocycles. The van der Waals surface area contributed by atoms with Crippen molar-refractivity contribution < 1.29 is 19.0 Å². The van der Waals surface area contributed by atoms with E-state index in [-0.39, 0.29) is 26.7 Å². The van der Waals surface area contributed by atoms with Gasteiger partial charge in [-0.1, -0.05) is 44.0 Å². The zero-order valence-electron chi connectivity index (χ0n) is 16.6. The standard InChI is InChI=1S/C19H24Cl2NO4PS/c1-11(2)22(14-10-16(19(3,4)5)28-17(14)18(23)24)27(25,26-6)15-8-7-12(20)9-13(15)21/h7-11H,1-6H3,(H,23,24). The van der Waals surface area contributed by atoms with Crippen molar-refractivity contribution in [2.24, 2.45) is 0 Å². The van der Waals surface area contributed by atoms with Crippen LogP contribution in [0.2, 0.25) is 10.0 Å². The molecule has 1 unspecified atom stereocenters. The van der Waals surface area contributed by atoms with Gasteiger partial charge in [0, 0.05) is 23.1 Å². The fourth-order valence-electron chi connectivity index (χ4n) is 2.81. The average molecular weight is 464 g/mol. The summed E-state index contributed by atoms with van der Waals surface area (Å²) in [6.07, 6.45) is 0. The highest BCUT2D eigenvalue weighted by molar-refractivity contribution is 7.68. The quantitative estimate of drug-likeness (QED) is 0.499. The Kier molecular flexibility index (Phi) is 6.95. The number of nitrogens with zero attached hydrogens (tertiary/aromatic N) is 1. The number of hydrogen-bond donors (Lipinski definition) is 1. The highest BCUT2D eigenvalue weighted by Crippen LogP contribution is 2.56. The maximum Gasteiger partial charge on any atom is 0.348 e. The summed E-state index contributed by atoms with van der Waals surface area (Å²) >= 11 is 13.5. The molecule has 9 heteroatoms. The van der Waals surface area contributed by atoms with Crippen molar-refractivity contribution in [3.8, 4) is 0 Å². The van der Waals surface area contributed by atoms with Crippen molar-refractivity contribution in [1.82, 2.24) is 0 Å². The molecule has 154 valence electrons. The Balaban J connectivity index is 2.79. The summed E-state index contributed by atoms with van der Waals surface area (Å²) in [5, 5.41) is 10.7. The summed E-state index contributed by atoms with van der Waals surface area (Å²) in [5.74, 6) is -1.08. The van der Waals surface area contributed by atoms with Gasteiger partial charge in [-0.25, -0.2) is 4.79 Å². The number of hydrogen-bond acceptors (Lipinski definition) is 4. The van der Waals surface area contributed by atoms with E-state index in [1.54, 1.807) is 18.2 Å². The van der Waals surface area contributed by atoms with Gasteiger partial charge in [0.25, 0.3) is 0 Å². The lowest BCUT2D eigenvalue weighted by molar-refractivity contribution is 0.0703. The molecule has 0 aliphatic rings. The molecular formula is C19H24Cl2NO4PS. The molecule has 0 aliphatic carbocycles. The lowest BCUT2D eigenvalue weighted by Gasteiger charge is -2.35. The largest absolute Gasteiger partial charge is 0.477 e. The topological polar surface area (TPSA) is 66.8 Å². The Hall–Kier alpha value is -1.04. The number of carbonyl (C=O) groups is 1. The molecule has 2 aromatic rings. The van der Waals surface area contributed by atoms with Gasteiger partial charge >= 0.3 is 13.5 Å². The van der Waals surface area contributed by atoms with Crippen LogP contribution in [0.1, 0.15) is 49.2 Å². The van der Waals surface area contributed by atoms with E-state index >= 15 is 0 Å². The summed E-state index contributed by atoms with van der Waals surface area (Å²) in [4.78, 5) is 12.9. The fraction of sp³-hybridized carbons (Fsp3) is 0.421. The van der Waals surface area contributed by atoms with Gasteiger partial charge in [0.05, 0.1) is 16.0 Å². The van der Waals surface area contributed by atoms with Crippen LogP contribution in [0.5, 0.6) is 0 Å². The highest BCUT2D eigenvalue weighted by Gasteiger charge is 2.40. The molecular weight excluding hydrogens is 440 g/mol. The Bertz CT molecular complexity index is 937. The monoisotopic (exact) mass is 463 g/mol. The number of thiophene rings is 1. The van der Waals surface area contributed by atoms with Crippen LogP contribution in [0, 0.1) is 0 Å². The molecule has 0 bridgehead atoms. The molecule has 1 aromatic heterocycles. The predicted octanol–water partition coefficient (Wildman–Crippen LogP) is 6.43. The normalized spacial score (nSPS) is 14.2. The summed E-state index contributed by atoms with van der Waals surface area (Å²) in [6, 6.07) is 6.10. The summed E-state index contributed by atoms with van der Waals surface area (Å²) < 4.78 is 21.1. The van der Waals surface area contributed by atoms with E-state index in [1.807, 2.05) is 34.6 Å². The first-order chi connectivity index (χ1) is 12.8. The molecule has 1 N–H and O–H groups in total. The van der Waals surface area contributed by atoms with Crippen molar-refractivity contribution in [1.29, 1.82) is 0 Å². The molecule has 5 nitrogen and oxygen atoms in total. The summed E-state index contributed by atoms with van der Waals surface area (Å²) in [5.41, 5.74) is 0.0960. The third-order valence-corrected chi connectivity index (χ3v) is 9.08. The number of carboxylic acids is 1. The van der Waals surface area contributed by atoms with E-state index in [2.05, 4.69) is 0 Å². The third-order valence-electron chi connectivity index (χ3n) is 4.13. The second-order valence-corrected chi connectivity index (χ2v) is 11.8. The molecule has 1 heterocycles. The average Bonchev–Trinajstić information content (AvgIpc) is 2.99. The minimum Gasteiger partial charge on any atom is -0.477 e. The maximum atomic E-state index is 14.1. The SMILES string of the molecule is COP(=O)(c1ccc(Cl)cc1Cl)N(c1cc(C(C)(C)C)sc1C(=O)O)C(C)C. The van der Waals surface area contributed by atoms with Gasteiger partial charge in [0.1, 0.15) is 4.88 Å². The fourth-order valence-corrected chi connectivity index (χ4v) is 6.91. The molecule has 0 saturated heterocycles. The molecule has 0 spiro atoms. The van der Waals surface area contributed by atoms with Crippen LogP contribution in [0.15, 0.2) is 24.3 Å². The first-order valence-corrected chi connectivity index (χ1v) is 11.8. The van der Waals surface area contributed by atoms with Crippen molar-refractivity contribution in [3.63, 3.8) is 0 Å². The lowest BCUT2D eigenvalue weighted by atomic mass is 9.94. The lowest BCUT2D eigenvalue weighted by Crippen LogP contribution is -2.33. The van der Waals surface area contributed by atoms with Gasteiger partial charge < -0.3 is 9.63 Å². The predicted molar refractivity (Wildman–Crippen MR) is 118 cm³/mol. The molecule has 28 heavy (non-hydrogen) atoms. The van der Waals surface area contributed by atoms with Crippen molar-refractivity contribution >= 4 is 59.0 Å². The van der Waals surface area contributed by atoms with E-state index in [0.717, 1.165) is 4.88 Å². The van der Waals surface area contributed by atoms with Gasteiger partial charge in [-0.05, 0) is 43.5 Å². The van der Waals surface area contributed by atoms with Gasteiger partial charge in [-0.3, -0.25) is 9.24 Å². The number of anilines is 1. The Labute approximate surface area is 179 Å². The van der Waals surface area contributed by atoms with Crippen LogP contribution in [0.25, 0.3) is 0 Å². The van der Waals surface area contributed by atoms with Gasteiger partial charge in [-0.2, -0.15) is 0 Å². The van der Waals surface area contributed by atoms with Crippen LogP contribution >= 0.6 is 42.1 Å². The van der Waals surface area contributed by atoms with E-state index < -0.39 is 13.5 Å². The van der Waals surface area contributed by atoms with Crippen molar-refractivity contribution in [2.75, 3.05) is 11.8 Å². The minimum atomic E-state index is -3.72. The summed E-state index contributed by atoms with van der Waals surface area (Å²) in [6.45, 7) is 9.66. The second-order valence-electron chi connectivity index (χ2n) is 7.62. The van der Waals surface area contributed by atoms with Crippen LogP contribution in [-0.2, 0) is 14.5 Å². The Morgan fingerprint density at radius 1 is 1.25 bits per heavy atom. The maximum absolute atomic E-state index is 14.1. The molecule has 0 radical (unpaired) electrons. The molecule has 2 rings (SSSR count). The van der Waals surface area contributed by atoms with Gasteiger partial charge in [0.15, 0.2) is 0 Å². The summed E-state index contributed by atoms with van der Waals surface area (Å²) in [7, 11) is -2.39. The molecule has 1 aromatic carbocycles. The smallest absolute Gasteiger partial charge is 0.348 e. The van der Waals surface area contributed by atoms with Crippen LogP contribution < -0.4 is 9.97 Å². The zero-order chi connectivity index (χ0) is 21.4. The minimum absolute atomic E-state index is 0.112. The molecule has 0 saturated carbocycles. The van der Waals surface area contributed by atoms with Gasteiger partial charge in [-0.15, -0.1) is 11.3 Å². The number of aromatic carboxylic acids is 1. The molecule has 1 atom stereocenters. The van der Waals surface area contributed by atoms with E-state index in [1.165, 1.54) is 29.2 Å². The Morgan fingerprint density at radius 3 is 2.29 bits per heavy atom. The van der Waals surface area contributed by atoms with Crippen molar-refractivity contribution in [2.45, 2.75) is 46.1 Å². The first-order valence-electron chi connectivity index (χ1n) is 8.61. The van der Waals surface area contributed by atoms with Crippen LogP contribution in [0.4, 0.5) is 5.69 Å². The molecule has 0 amide bonds. The zero-order valence-corrected chi connectivity index (χ0v) is 19.8. The van der Waals surface area contributed by atoms with Gasteiger partial charge in [0.2, 0.25) is 0 Å². The number of halogens is 2. The number of benzene rings is 1. The van der Waals surface area contributed by atoms with E-state index in [4.69, 9.17) is 27.7 Å². The molecule has 0 fully saturated rings. The second kappa shape index (κ2) is 8.37. The third kappa shape index (κ3) is 4.42. The van der Waals surface area contributed by atoms with Crippen molar-refractivity contribution in [3.05, 3.63) is 44.1 Å². The Morgan fingerprint density at radius 2 is 1.86 bits per heavy atom.